The molecule has 0 bridgehead atoms. The predicted octanol–water partition coefficient (Wildman–Crippen LogP) is 1.67. The van der Waals surface area contributed by atoms with Crippen LogP contribution in [0.4, 0.5) is 5.82 Å². The standard InChI is InChI=1S/C18H26N4O2/c1-3-10-21-11-5-8-18(17(21)24)9-12-22(13-18)15-7-4-6-14(20-15)16(23)19-2/h4,6-7H,3,5,8-13H2,1-2H3,(H,19,23)/t18-/m1/s1. The lowest BCUT2D eigenvalue weighted by atomic mass is 9.78. The Kier molecular flexibility index (Phi) is 4.73. The molecule has 6 nitrogen and oxygen atoms in total. The Balaban J connectivity index is 1.77. The number of piperidine rings is 1. The predicted molar refractivity (Wildman–Crippen MR) is 93.0 cm³/mol. The lowest BCUT2D eigenvalue weighted by Gasteiger charge is -2.39. The van der Waals surface area contributed by atoms with E-state index in [9.17, 15) is 9.59 Å². The summed E-state index contributed by atoms with van der Waals surface area (Å²) in [6.45, 7) is 5.37. The second kappa shape index (κ2) is 6.79. The maximum atomic E-state index is 13.0. The second-order valence-corrected chi connectivity index (χ2v) is 6.81. The van der Waals surface area contributed by atoms with Gasteiger partial charge >= 0.3 is 0 Å². The SMILES string of the molecule is CCCN1CCC[C@]2(CCN(c3cccc(C(=O)NC)n3)C2)C1=O. The molecule has 130 valence electrons. The molecule has 1 aromatic heterocycles. The van der Waals surface area contributed by atoms with Gasteiger partial charge in [-0.25, -0.2) is 4.98 Å². The minimum absolute atomic E-state index is 0.186. The van der Waals surface area contributed by atoms with Crippen LogP contribution in [0.3, 0.4) is 0 Å². The molecule has 3 heterocycles. The first-order valence-corrected chi connectivity index (χ1v) is 8.83. The zero-order valence-electron chi connectivity index (χ0n) is 14.5. The van der Waals surface area contributed by atoms with Crippen LogP contribution in [0, 0.1) is 5.41 Å². The largest absolute Gasteiger partial charge is 0.355 e. The Morgan fingerprint density at radius 2 is 2.17 bits per heavy atom. The molecule has 1 atom stereocenters. The van der Waals surface area contributed by atoms with Gasteiger partial charge in [-0.15, -0.1) is 0 Å². The minimum Gasteiger partial charge on any atom is -0.355 e. The molecule has 1 spiro atoms. The lowest BCUT2D eigenvalue weighted by molar-refractivity contribution is -0.145. The van der Waals surface area contributed by atoms with Crippen molar-refractivity contribution in [1.29, 1.82) is 0 Å². The number of anilines is 1. The van der Waals surface area contributed by atoms with Crippen molar-refractivity contribution in [3.63, 3.8) is 0 Å². The Labute approximate surface area is 143 Å². The summed E-state index contributed by atoms with van der Waals surface area (Å²) in [5.74, 6) is 0.905. The molecule has 2 aliphatic rings. The molecular weight excluding hydrogens is 304 g/mol. The Morgan fingerprint density at radius 3 is 2.92 bits per heavy atom. The third-order valence-electron chi connectivity index (χ3n) is 5.19. The number of aromatic nitrogens is 1. The molecule has 2 saturated heterocycles. The van der Waals surface area contributed by atoms with Crippen molar-refractivity contribution in [1.82, 2.24) is 15.2 Å². The first kappa shape index (κ1) is 16.7. The van der Waals surface area contributed by atoms with E-state index in [0.717, 1.165) is 51.1 Å². The van der Waals surface area contributed by atoms with Crippen LogP contribution < -0.4 is 10.2 Å². The number of pyridine rings is 1. The second-order valence-electron chi connectivity index (χ2n) is 6.81. The number of carbonyl (C=O) groups is 2. The third-order valence-corrected chi connectivity index (χ3v) is 5.19. The van der Waals surface area contributed by atoms with E-state index in [4.69, 9.17) is 0 Å². The maximum absolute atomic E-state index is 13.0. The van der Waals surface area contributed by atoms with Gasteiger partial charge in [-0.3, -0.25) is 9.59 Å². The van der Waals surface area contributed by atoms with Crippen LogP contribution in [0.2, 0.25) is 0 Å². The highest BCUT2D eigenvalue weighted by Crippen LogP contribution is 2.41. The Morgan fingerprint density at radius 1 is 1.33 bits per heavy atom. The van der Waals surface area contributed by atoms with E-state index in [1.807, 2.05) is 17.0 Å². The van der Waals surface area contributed by atoms with Gasteiger partial charge in [0.2, 0.25) is 5.91 Å². The molecule has 2 aliphatic heterocycles. The van der Waals surface area contributed by atoms with Gasteiger partial charge in [0.05, 0.1) is 5.41 Å². The fraction of sp³-hybridized carbons (Fsp3) is 0.611. The first-order valence-electron chi connectivity index (χ1n) is 8.83. The van der Waals surface area contributed by atoms with E-state index in [0.29, 0.717) is 18.1 Å². The van der Waals surface area contributed by atoms with Gasteiger partial charge in [-0.05, 0) is 37.8 Å². The number of carbonyl (C=O) groups excluding carboxylic acids is 2. The van der Waals surface area contributed by atoms with Crippen molar-refractivity contribution in [3.05, 3.63) is 23.9 Å². The number of nitrogens with zero attached hydrogens (tertiary/aromatic N) is 3. The summed E-state index contributed by atoms with van der Waals surface area (Å²) in [6.07, 6.45) is 3.90. The molecule has 1 aromatic rings. The van der Waals surface area contributed by atoms with Crippen molar-refractivity contribution in [2.24, 2.45) is 5.41 Å². The smallest absolute Gasteiger partial charge is 0.269 e. The quantitative estimate of drug-likeness (QED) is 0.912. The van der Waals surface area contributed by atoms with Gasteiger partial charge in [0.25, 0.3) is 5.91 Å². The fourth-order valence-corrected chi connectivity index (χ4v) is 3.94. The molecule has 0 aliphatic carbocycles. The summed E-state index contributed by atoms with van der Waals surface area (Å²) >= 11 is 0. The molecule has 6 heteroatoms. The third kappa shape index (κ3) is 2.97. The van der Waals surface area contributed by atoms with E-state index in [1.165, 1.54) is 0 Å². The monoisotopic (exact) mass is 330 g/mol. The van der Waals surface area contributed by atoms with E-state index >= 15 is 0 Å². The van der Waals surface area contributed by atoms with Gasteiger partial charge in [0, 0.05) is 33.2 Å². The molecule has 24 heavy (non-hydrogen) atoms. The molecule has 0 aromatic carbocycles. The summed E-state index contributed by atoms with van der Waals surface area (Å²) in [5.41, 5.74) is 0.150. The summed E-state index contributed by atoms with van der Waals surface area (Å²) in [5, 5.41) is 2.60. The van der Waals surface area contributed by atoms with Crippen molar-refractivity contribution in [3.8, 4) is 0 Å². The summed E-state index contributed by atoms with van der Waals surface area (Å²) in [6, 6.07) is 5.48. The topological polar surface area (TPSA) is 65.5 Å². The number of likely N-dealkylation sites (tertiary alicyclic amines) is 1. The fourth-order valence-electron chi connectivity index (χ4n) is 3.94. The Bertz CT molecular complexity index is 631. The van der Waals surface area contributed by atoms with Gasteiger partial charge < -0.3 is 15.1 Å². The average molecular weight is 330 g/mol. The van der Waals surface area contributed by atoms with Crippen molar-refractivity contribution in [2.75, 3.05) is 38.1 Å². The van der Waals surface area contributed by atoms with Crippen LogP contribution in [0.15, 0.2) is 18.2 Å². The summed E-state index contributed by atoms with van der Waals surface area (Å²) in [4.78, 5) is 33.4. The normalized spacial score (nSPS) is 23.8. The van der Waals surface area contributed by atoms with E-state index < -0.39 is 0 Å². The number of nitrogens with one attached hydrogen (secondary N) is 1. The van der Waals surface area contributed by atoms with Gasteiger partial charge in [0.1, 0.15) is 11.5 Å². The van der Waals surface area contributed by atoms with Crippen molar-refractivity contribution >= 4 is 17.6 Å². The van der Waals surface area contributed by atoms with Crippen LogP contribution in [0.5, 0.6) is 0 Å². The Hall–Kier alpha value is -2.11. The van der Waals surface area contributed by atoms with Crippen LogP contribution in [0.1, 0.15) is 43.1 Å². The summed E-state index contributed by atoms with van der Waals surface area (Å²) < 4.78 is 0. The molecular formula is C18H26N4O2. The molecule has 2 amide bonds. The average Bonchev–Trinajstić information content (AvgIpc) is 3.04. The van der Waals surface area contributed by atoms with Gasteiger partial charge in [-0.1, -0.05) is 13.0 Å². The lowest BCUT2D eigenvalue weighted by Crippen LogP contribution is -2.50. The van der Waals surface area contributed by atoms with Crippen molar-refractivity contribution in [2.45, 2.75) is 32.6 Å². The van der Waals surface area contributed by atoms with E-state index in [1.54, 1.807) is 13.1 Å². The van der Waals surface area contributed by atoms with E-state index in [2.05, 4.69) is 22.1 Å². The van der Waals surface area contributed by atoms with Gasteiger partial charge in [-0.2, -0.15) is 0 Å². The molecule has 3 rings (SSSR count). The molecule has 1 N–H and O–H groups in total. The number of hydrogen-bond donors (Lipinski definition) is 1. The van der Waals surface area contributed by atoms with Crippen LogP contribution in [-0.4, -0.2) is 54.9 Å². The first-order chi connectivity index (χ1) is 11.6. The van der Waals surface area contributed by atoms with E-state index in [-0.39, 0.29) is 11.3 Å². The highest BCUT2D eigenvalue weighted by Gasteiger charge is 2.48. The molecule has 0 unspecified atom stereocenters. The highest BCUT2D eigenvalue weighted by molar-refractivity contribution is 5.92. The molecule has 2 fully saturated rings. The number of amides is 2. The van der Waals surface area contributed by atoms with Crippen LogP contribution in [-0.2, 0) is 4.79 Å². The highest BCUT2D eigenvalue weighted by atomic mass is 16.2. The van der Waals surface area contributed by atoms with Gasteiger partial charge in [0.15, 0.2) is 0 Å². The zero-order valence-corrected chi connectivity index (χ0v) is 14.5. The van der Waals surface area contributed by atoms with Crippen molar-refractivity contribution < 1.29 is 9.59 Å². The molecule has 0 saturated carbocycles. The molecule has 0 radical (unpaired) electrons. The number of hydrogen-bond acceptors (Lipinski definition) is 4. The number of rotatable bonds is 4. The van der Waals surface area contributed by atoms with Crippen LogP contribution >= 0.6 is 0 Å². The summed E-state index contributed by atoms with van der Waals surface area (Å²) in [7, 11) is 1.60. The minimum atomic E-state index is -0.266. The van der Waals surface area contributed by atoms with Crippen LogP contribution in [0.25, 0.3) is 0 Å². The maximum Gasteiger partial charge on any atom is 0.269 e. The zero-order chi connectivity index (χ0) is 17.2.